The molecule has 2 aromatic rings. The molecule has 0 atom stereocenters. The Balaban J connectivity index is 2.16. The third-order valence-electron chi connectivity index (χ3n) is 2.64. The first-order valence-corrected chi connectivity index (χ1v) is 7.27. The van der Waals surface area contributed by atoms with Crippen LogP contribution in [-0.4, -0.2) is 19.9 Å². The lowest BCUT2D eigenvalue weighted by Crippen LogP contribution is -2.10. The van der Waals surface area contributed by atoms with Crippen LogP contribution in [0.25, 0.3) is 0 Å². The predicted molar refractivity (Wildman–Crippen MR) is 80.8 cm³/mol. The standard InChI is InChI=1S/C14H14BrNOS/c1-16(2)12-5-3-4-10(6-12)14(17)8-13-7-11(15)9-18-13/h3-7,9H,8H2,1-2H3. The normalized spacial score (nSPS) is 10.4. The minimum Gasteiger partial charge on any atom is -0.378 e. The van der Waals surface area contributed by atoms with E-state index in [0.29, 0.717) is 6.42 Å². The molecule has 0 unspecified atom stereocenters. The van der Waals surface area contributed by atoms with Gasteiger partial charge in [0.25, 0.3) is 0 Å². The molecule has 0 spiro atoms. The molecular formula is C14H14BrNOS. The highest BCUT2D eigenvalue weighted by atomic mass is 79.9. The van der Waals surface area contributed by atoms with Crippen molar-refractivity contribution in [3.63, 3.8) is 0 Å². The molecule has 0 amide bonds. The maximum atomic E-state index is 12.2. The molecule has 18 heavy (non-hydrogen) atoms. The van der Waals surface area contributed by atoms with Crippen molar-refractivity contribution >= 4 is 38.7 Å². The molecular weight excluding hydrogens is 310 g/mol. The lowest BCUT2D eigenvalue weighted by atomic mass is 10.1. The fraction of sp³-hybridized carbons (Fsp3) is 0.214. The van der Waals surface area contributed by atoms with Crippen LogP contribution in [0, 0.1) is 0 Å². The van der Waals surface area contributed by atoms with Gasteiger partial charge in [0.05, 0.1) is 0 Å². The number of thiophene rings is 1. The fourth-order valence-electron chi connectivity index (χ4n) is 1.66. The van der Waals surface area contributed by atoms with E-state index in [1.807, 2.05) is 54.7 Å². The van der Waals surface area contributed by atoms with Crippen LogP contribution in [0.5, 0.6) is 0 Å². The summed E-state index contributed by atoms with van der Waals surface area (Å²) in [6.07, 6.45) is 0.465. The summed E-state index contributed by atoms with van der Waals surface area (Å²) in [6.45, 7) is 0. The molecule has 2 rings (SSSR count). The zero-order valence-electron chi connectivity index (χ0n) is 10.3. The summed E-state index contributed by atoms with van der Waals surface area (Å²) < 4.78 is 1.04. The molecule has 0 saturated heterocycles. The van der Waals surface area contributed by atoms with Gasteiger partial charge in [-0.2, -0.15) is 0 Å². The summed E-state index contributed by atoms with van der Waals surface area (Å²) in [5.74, 6) is 0.160. The minimum absolute atomic E-state index is 0.160. The van der Waals surface area contributed by atoms with E-state index in [1.54, 1.807) is 11.3 Å². The van der Waals surface area contributed by atoms with E-state index in [0.717, 1.165) is 20.6 Å². The maximum Gasteiger partial charge on any atom is 0.168 e. The highest BCUT2D eigenvalue weighted by Gasteiger charge is 2.09. The van der Waals surface area contributed by atoms with Crippen LogP contribution < -0.4 is 4.90 Å². The molecule has 1 aromatic carbocycles. The van der Waals surface area contributed by atoms with Crippen LogP contribution in [0.15, 0.2) is 40.2 Å². The number of Topliss-reactive ketones (excluding diaryl/α,β-unsaturated/α-hetero) is 1. The van der Waals surface area contributed by atoms with Crippen LogP contribution >= 0.6 is 27.3 Å². The van der Waals surface area contributed by atoms with Gasteiger partial charge in [0, 0.05) is 46.5 Å². The van der Waals surface area contributed by atoms with E-state index in [-0.39, 0.29) is 5.78 Å². The molecule has 0 saturated carbocycles. The van der Waals surface area contributed by atoms with Crippen molar-refractivity contribution < 1.29 is 4.79 Å². The molecule has 0 N–H and O–H groups in total. The number of carbonyl (C=O) groups excluding carboxylic acids is 1. The molecule has 0 aliphatic carbocycles. The van der Waals surface area contributed by atoms with Gasteiger partial charge in [-0.1, -0.05) is 12.1 Å². The number of hydrogen-bond donors (Lipinski definition) is 0. The number of benzene rings is 1. The first kappa shape index (κ1) is 13.3. The second kappa shape index (κ2) is 5.67. The number of nitrogens with zero attached hydrogens (tertiary/aromatic N) is 1. The maximum absolute atomic E-state index is 12.2. The number of carbonyl (C=O) groups is 1. The molecule has 0 radical (unpaired) electrons. The Morgan fingerprint density at radius 1 is 1.33 bits per heavy atom. The van der Waals surface area contributed by atoms with Gasteiger partial charge in [-0.3, -0.25) is 4.79 Å². The molecule has 4 heteroatoms. The molecule has 2 nitrogen and oxygen atoms in total. The first-order valence-electron chi connectivity index (χ1n) is 5.60. The van der Waals surface area contributed by atoms with Gasteiger partial charge in [0.2, 0.25) is 0 Å². The summed E-state index contributed by atoms with van der Waals surface area (Å²) >= 11 is 5.01. The van der Waals surface area contributed by atoms with E-state index >= 15 is 0 Å². The van der Waals surface area contributed by atoms with Crippen LogP contribution in [-0.2, 0) is 6.42 Å². The zero-order chi connectivity index (χ0) is 13.1. The molecule has 1 aromatic heterocycles. The van der Waals surface area contributed by atoms with Crippen molar-refractivity contribution in [2.24, 2.45) is 0 Å². The monoisotopic (exact) mass is 323 g/mol. The summed E-state index contributed by atoms with van der Waals surface area (Å²) in [5, 5.41) is 2.00. The SMILES string of the molecule is CN(C)c1cccc(C(=O)Cc2cc(Br)cs2)c1. The number of ketones is 1. The Morgan fingerprint density at radius 3 is 2.72 bits per heavy atom. The molecule has 0 aliphatic rings. The molecule has 0 fully saturated rings. The Morgan fingerprint density at radius 2 is 2.11 bits per heavy atom. The molecule has 0 aliphatic heterocycles. The van der Waals surface area contributed by atoms with E-state index in [4.69, 9.17) is 0 Å². The van der Waals surface area contributed by atoms with Crippen molar-refractivity contribution in [3.05, 3.63) is 50.6 Å². The predicted octanol–water partition coefficient (Wildman–Crippen LogP) is 4.00. The van der Waals surface area contributed by atoms with Gasteiger partial charge in [-0.15, -0.1) is 11.3 Å². The highest BCUT2D eigenvalue weighted by Crippen LogP contribution is 2.22. The fourth-order valence-corrected chi connectivity index (χ4v) is 3.11. The van der Waals surface area contributed by atoms with Gasteiger partial charge in [-0.25, -0.2) is 0 Å². The number of anilines is 1. The van der Waals surface area contributed by atoms with Crippen LogP contribution in [0.2, 0.25) is 0 Å². The summed E-state index contributed by atoms with van der Waals surface area (Å²) in [4.78, 5) is 15.3. The number of hydrogen-bond acceptors (Lipinski definition) is 3. The van der Waals surface area contributed by atoms with E-state index in [9.17, 15) is 4.79 Å². The number of rotatable bonds is 4. The topological polar surface area (TPSA) is 20.3 Å². The zero-order valence-corrected chi connectivity index (χ0v) is 12.7. The summed E-state index contributed by atoms with van der Waals surface area (Å²) in [6, 6.07) is 9.73. The molecule has 1 heterocycles. The van der Waals surface area contributed by atoms with Crippen molar-refractivity contribution in [2.75, 3.05) is 19.0 Å². The smallest absolute Gasteiger partial charge is 0.168 e. The lowest BCUT2D eigenvalue weighted by molar-refractivity contribution is 0.0994. The second-order valence-electron chi connectivity index (χ2n) is 4.28. The Hall–Kier alpha value is -1.13. The van der Waals surface area contributed by atoms with Gasteiger partial charge < -0.3 is 4.90 Å². The molecule has 0 bridgehead atoms. The third kappa shape index (κ3) is 3.21. The van der Waals surface area contributed by atoms with Crippen molar-refractivity contribution in [3.8, 4) is 0 Å². The van der Waals surface area contributed by atoms with Crippen molar-refractivity contribution in [1.82, 2.24) is 0 Å². The minimum atomic E-state index is 0.160. The van der Waals surface area contributed by atoms with Gasteiger partial charge in [-0.05, 0) is 34.1 Å². The van der Waals surface area contributed by atoms with Crippen molar-refractivity contribution in [1.29, 1.82) is 0 Å². The van der Waals surface area contributed by atoms with E-state index in [2.05, 4.69) is 15.9 Å². The lowest BCUT2D eigenvalue weighted by Gasteiger charge is -2.13. The van der Waals surface area contributed by atoms with E-state index in [1.165, 1.54) is 0 Å². The molecule has 94 valence electrons. The highest BCUT2D eigenvalue weighted by molar-refractivity contribution is 9.10. The van der Waals surface area contributed by atoms with Crippen LogP contribution in [0.3, 0.4) is 0 Å². The first-order chi connectivity index (χ1) is 8.56. The average molecular weight is 324 g/mol. The van der Waals surface area contributed by atoms with E-state index < -0.39 is 0 Å². The Bertz CT molecular complexity index is 562. The summed E-state index contributed by atoms with van der Waals surface area (Å²) in [5.41, 5.74) is 1.82. The van der Waals surface area contributed by atoms with Gasteiger partial charge >= 0.3 is 0 Å². The van der Waals surface area contributed by atoms with Crippen LogP contribution in [0.4, 0.5) is 5.69 Å². The second-order valence-corrected chi connectivity index (χ2v) is 6.19. The van der Waals surface area contributed by atoms with Crippen molar-refractivity contribution in [2.45, 2.75) is 6.42 Å². The Labute approximate surface area is 119 Å². The number of halogens is 1. The third-order valence-corrected chi connectivity index (χ3v) is 4.34. The van der Waals surface area contributed by atoms with Gasteiger partial charge in [0.1, 0.15) is 0 Å². The van der Waals surface area contributed by atoms with Crippen LogP contribution in [0.1, 0.15) is 15.2 Å². The largest absolute Gasteiger partial charge is 0.378 e. The quantitative estimate of drug-likeness (QED) is 0.792. The average Bonchev–Trinajstić information content (AvgIpc) is 2.75. The summed E-state index contributed by atoms with van der Waals surface area (Å²) in [7, 11) is 3.94. The van der Waals surface area contributed by atoms with Gasteiger partial charge in [0.15, 0.2) is 5.78 Å². The Kier molecular flexibility index (Phi) is 4.19.